The van der Waals surface area contributed by atoms with Gasteiger partial charge >= 0.3 is 6.03 Å². The highest BCUT2D eigenvalue weighted by molar-refractivity contribution is 9.10. The van der Waals surface area contributed by atoms with Crippen molar-refractivity contribution in [2.45, 2.75) is 13.3 Å². The molecule has 1 aromatic carbocycles. The van der Waals surface area contributed by atoms with Crippen LogP contribution in [0.15, 0.2) is 41.0 Å². The van der Waals surface area contributed by atoms with E-state index in [1.807, 2.05) is 31.2 Å². The molecule has 0 aliphatic rings. The Kier molecular flexibility index (Phi) is 5.64. The van der Waals surface area contributed by atoms with Crippen LogP contribution in [0.25, 0.3) is 0 Å². The number of halogens is 1. The van der Waals surface area contributed by atoms with Crippen LogP contribution in [-0.2, 0) is 6.42 Å². The van der Waals surface area contributed by atoms with Gasteiger partial charge in [-0.15, -0.1) is 0 Å². The zero-order valence-electron chi connectivity index (χ0n) is 9.16. The Bertz CT molecular complexity index is 360. The predicted molar refractivity (Wildman–Crippen MR) is 69.2 cm³/mol. The van der Waals surface area contributed by atoms with E-state index in [2.05, 4.69) is 26.6 Å². The molecule has 0 bridgehead atoms. The van der Waals surface area contributed by atoms with Gasteiger partial charge in [-0.1, -0.05) is 34.1 Å². The standard InChI is InChI=1S/C12H15BrN2O/c1-2-8-14-12(16)15-9-7-10-3-5-11(13)6-4-10/h2-6,8H,7,9H2,1H3,(H2,14,15,16)/b8-2+. The number of carbonyl (C=O) groups excluding carboxylic acids is 1. The molecule has 0 aromatic heterocycles. The molecule has 0 heterocycles. The molecule has 0 fully saturated rings. The van der Waals surface area contributed by atoms with Crippen molar-refractivity contribution in [3.63, 3.8) is 0 Å². The largest absolute Gasteiger partial charge is 0.338 e. The van der Waals surface area contributed by atoms with Crippen molar-refractivity contribution in [2.24, 2.45) is 0 Å². The van der Waals surface area contributed by atoms with Gasteiger partial charge in [0.2, 0.25) is 0 Å². The average Bonchev–Trinajstić information content (AvgIpc) is 2.29. The Morgan fingerprint density at radius 2 is 2.06 bits per heavy atom. The number of nitrogens with one attached hydrogen (secondary N) is 2. The van der Waals surface area contributed by atoms with Crippen LogP contribution in [0.1, 0.15) is 12.5 Å². The van der Waals surface area contributed by atoms with E-state index in [1.54, 1.807) is 12.3 Å². The fraction of sp³-hybridized carbons (Fsp3) is 0.250. The summed E-state index contributed by atoms with van der Waals surface area (Å²) in [5.41, 5.74) is 1.20. The van der Waals surface area contributed by atoms with Crippen LogP contribution in [0.5, 0.6) is 0 Å². The molecule has 0 atom stereocenters. The fourth-order valence-electron chi connectivity index (χ4n) is 1.18. The Morgan fingerprint density at radius 3 is 2.69 bits per heavy atom. The van der Waals surface area contributed by atoms with Crippen molar-refractivity contribution in [3.05, 3.63) is 46.6 Å². The molecule has 0 aliphatic carbocycles. The van der Waals surface area contributed by atoms with Crippen molar-refractivity contribution in [2.75, 3.05) is 6.54 Å². The molecule has 16 heavy (non-hydrogen) atoms. The number of benzene rings is 1. The van der Waals surface area contributed by atoms with E-state index in [4.69, 9.17) is 0 Å². The summed E-state index contributed by atoms with van der Waals surface area (Å²) in [4.78, 5) is 11.2. The van der Waals surface area contributed by atoms with Crippen molar-refractivity contribution >= 4 is 22.0 Å². The second kappa shape index (κ2) is 7.06. The number of hydrogen-bond acceptors (Lipinski definition) is 1. The average molecular weight is 283 g/mol. The third kappa shape index (κ3) is 4.98. The van der Waals surface area contributed by atoms with Gasteiger partial charge in [0.1, 0.15) is 0 Å². The summed E-state index contributed by atoms with van der Waals surface area (Å²) in [6.45, 7) is 2.48. The maximum atomic E-state index is 11.2. The molecule has 3 nitrogen and oxygen atoms in total. The lowest BCUT2D eigenvalue weighted by Gasteiger charge is -2.04. The number of allylic oxidation sites excluding steroid dienone is 1. The lowest BCUT2D eigenvalue weighted by molar-refractivity contribution is 0.244. The number of carbonyl (C=O) groups is 1. The summed E-state index contributed by atoms with van der Waals surface area (Å²) >= 11 is 3.38. The number of urea groups is 1. The van der Waals surface area contributed by atoms with Gasteiger partial charge in [-0.25, -0.2) is 4.79 Å². The van der Waals surface area contributed by atoms with Crippen molar-refractivity contribution in [1.82, 2.24) is 10.6 Å². The minimum Gasteiger partial charge on any atom is -0.338 e. The van der Waals surface area contributed by atoms with Crippen molar-refractivity contribution in [3.8, 4) is 0 Å². The minimum absolute atomic E-state index is 0.171. The van der Waals surface area contributed by atoms with Gasteiger partial charge in [-0.2, -0.15) is 0 Å². The van der Waals surface area contributed by atoms with Gasteiger partial charge in [-0.05, 0) is 31.0 Å². The Morgan fingerprint density at radius 1 is 1.38 bits per heavy atom. The molecule has 86 valence electrons. The maximum absolute atomic E-state index is 11.2. The second-order valence-electron chi connectivity index (χ2n) is 3.28. The van der Waals surface area contributed by atoms with Crippen LogP contribution in [-0.4, -0.2) is 12.6 Å². The highest BCUT2D eigenvalue weighted by atomic mass is 79.9. The third-order valence-corrected chi connectivity index (χ3v) is 2.52. The monoisotopic (exact) mass is 282 g/mol. The van der Waals surface area contributed by atoms with Crippen molar-refractivity contribution in [1.29, 1.82) is 0 Å². The molecule has 0 radical (unpaired) electrons. The number of amides is 2. The highest BCUT2D eigenvalue weighted by Crippen LogP contribution is 2.10. The summed E-state index contributed by atoms with van der Waals surface area (Å²) in [6, 6.07) is 7.89. The van der Waals surface area contributed by atoms with Crippen LogP contribution in [0.3, 0.4) is 0 Å². The first-order chi connectivity index (χ1) is 7.72. The summed E-state index contributed by atoms with van der Waals surface area (Å²) in [5, 5.41) is 5.36. The molecule has 0 saturated heterocycles. The molecule has 0 spiro atoms. The van der Waals surface area contributed by atoms with Gasteiger partial charge in [0.25, 0.3) is 0 Å². The molecule has 0 saturated carbocycles. The van der Waals surface area contributed by atoms with Gasteiger partial charge in [0.15, 0.2) is 0 Å². The maximum Gasteiger partial charge on any atom is 0.318 e. The summed E-state index contributed by atoms with van der Waals surface area (Å²) in [5.74, 6) is 0. The van der Waals surface area contributed by atoms with E-state index in [0.29, 0.717) is 6.54 Å². The van der Waals surface area contributed by atoms with E-state index in [9.17, 15) is 4.79 Å². The first-order valence-electron chi connectivity index (χ1n) is 5.12. The molecule has 1 aromatic rings. The molecule has 2 amide bonds. The quantitative estimate of drug-likeness (QED) is 0.876. The Balaban J connectivity index is 2.25. The molecular weight excluding hydrogens is 268 g/mol. The first kappa shape index (κ1) is 12.8. The third-order valence-electron chi connectivity index (χ3n) is 1.99. The van der Waals surface area contributed by atoms with E-state index in [-0.39, 0.29) is 6.03 Å². The van der Waals surface area contributed by atoms with E-state index in [0.717, 1.165) is 10.9 Å². The predicted octanol–water partition coefficient (Wildman–Crippen LogP) is 2.82. The van der Waals surface area contributed by atoms with Crippen LogP contribution < -0.4 is 10.6 Å². The molecule has 4 heteroatoms. The van der Waals surface area contributed by atoms with E-state index < -0.39 is 0 Å². The van der Waals surface area contributed by atoms with Gasteiger partial charge in [-0.3, -0.25) is 0 Å². The van der Waals surface area contributed by atoms with Crippen LogP contribution in [0.4, 0.5) is 4.79 Å². The lowest BCUT2D eigenvalue weighted by atomic mass is 10.1. The van der Waals surface area contributed by atoms with Crippen LogP contribution >= 0.6 is 15.9 Å². The van der Waals surface area contributed by atoms with Crippen LogP contribution in [0.2, 0.25) is 0 Å². The molecule has 1 rings (SSSR count). The zero-order chi connectivity index (χ0) is 11.8. The Hall–Kier alpha value is -1.29. The summed E-state index contributed by atoms with van der Waals surface area (Å²) in [7, 11) is 0. The highest BCUT2D eigenvalue weighted by Gasteiger charge is 1.97. The number of rotatable bonds is 4. The molecular formula is C12H15BrN2O. The topological polar surface area (TPSA) is 41.1 Å². The van der Waals surface area contributed by atoms with Crippen molar-refractivity contribution < 1.29 is 4.79 Å². The van der Waals surface area contributed by atoms with E-state index in [1.165, 1.54) is 5.56 Å². The molecule has 0 aliphatic heterocycles. The normalized spacial score (nSPS) is 10.4. The molecule has 0 unspecified atom stereocenters. The SMILES string of the molecule is C/C=C/NC(=O)NCCc1ccc(Br)cc1. The van der Waals surface area contributed by atoms with Gasteiger partial charge < -0.3 is 10.6 Å². The van der Waals surface area contributed by atoms with E-state index >= 15 is 0 Å². The van der Waals surface area contributed by atoms with Gasteiger partial charge in [0.05, 0.1) is 0 Å². The van der Waals surface area contributed by atoms with Crippen LogP contribution in [0, 0.1) is 0 Å². The number of hydrogen-bond donors (Lipinski definition) is 2. The zero-order valence-corrected chi connectivity index (χ0v) is 10.8. The Labute approximate surface area is 104 Å². The lowest BCUT2D eigenvalue weighted by Crippen LogP contribution is -2.33. The summed E-state index contributed by atoms with van der Waals surface area (Å²) < 4.78 is 1.06. The fourth-order valence-corrected chi connectivity index (χ4v) is 1.45. The van der Waals surface area contributed by atoms with Gasteiger partial charge in [0, 0.05) is 17.2 Å². The molecule has 2 N–H and O–H groups in total. The second-order valence-corrected chi connectivity index (χ2v) is 4.19. The smallest absolute Gasteiger partial charge is 0.318 e. The summed E-state index contributed by atoms with van der Waals surface area (Å²) in [6.07, 6.45) is 4.21. The minimum atomic E-state index is -0.171. The first-order valence-corrected chi connectivity index (χ1v) is 5.91.